The summed E-state index contributed by atoms with van der Waals surface area (Å²) in [6.07, 6.45) is -8.39. The Kier molecular flexibility index (Phi) is 17.4. The second kappa shape index (κ2) is 21.9. The summed E-state index contributed by atoms with van der Waals surface area (Å²) in [5.74, 6) is -2.45. The standard InChI is InChI=1S/C47H72N6O16/c1-44(2,3)67-41(60)50-28-18-17-25(22-48-19-14-20-53-38(58)26-15-12-13-16-27(26)39(53)59)65-35(28)32-29(51-42(61)68-45(4,5)6)21-30(49-31(55)23-54)36(33(32)56)66-40-34(57)37(47(10,63)24-64-40)52(11)43(62)69-46(7,8)9/h12-13,15-17,28-30,32-37,40,48,54,56-57,63H,14,18-24H2,1-11H3,(H,49,55)(H,50,60)(H,51,61)/t28-,29+,30-,32?,33+,34-,35+,36+,37-,40-,47+/m1/s1. The fourth-order valence-corrected chi connectivity index (χ4v) is 8.96. The summed E-state index contributed by atoms with van der Waals surface area (Å²) in [7, 11) is 1.33. The fraction of sp³-hybridized carbons (Fsp3) is 0.702. The van der Waals surface area contributed by atoms with E-state index in [4.69, 9.17) is 28.4 Å². The van der Waals surface area contributed by atoms with Crippen molar-refractivity contribution in [3.8, 4) is 0 Å². The van der Waals surface area contributed by atoms with E-state index in [1.54, 1.807) is 92.7 Å². The van der Waals surface area contributed by atoms with E-state index < -0.39 is 121 Å². The van der Waals surface area contributed by atoms with Gasteiger partial charge in [0.1, 0.15) is 53.1 Å². The monoisotopic (exact) mass is 977 g/mol. The molecule has 1 aromatic rings. The van der Waals surface area contributed by atoms with Crippen LogP contribution in [0.2, 0.25) is 0 Å². The molecule has 22 heteroatoms. The number of aliphatic hydroxyl groups is 4. The fourth-order valence-electron chi connectivity index (χ4n) is 8.96. The highest BCUT2D eigenvalue weighted by Crippen LogP contribution is 2.39. The molecule has 5 rings (SSSR count). The molecule has 0 spiro atoms. The highest BCUT2D eigenvalue weighted by atomic mass is 16.7. The minimum Gasteiger partial charge on any atom is -0.491 e. The van der Waals surface area contributed by atoms with Crippen molar-refractivity contribution < 1.29 is 77.6 Å². The molecule has 8 N–H and O–H groups in total. The number of carbonyl (C=O) groups excluding carboxylic acids is 6. The van der Waals surface area contributed by atoms with E-state index in [1.165, 1.54) is 18.9 Å². The van der Waals surface area contributed by atoms with Crippen LogP contribution in [0.1, 0.15) is 109 Å². The van der Waals surface area contributed by atoms with Gasteiger partial charge in [0.05, 0.1) is 48.5 Å². The van der Waals surface area contributed by atoms with Crippen LogP contribution in [0.15, 0.2) is 36.1 Å². The average molecular weight is 977 g/mol. The summed E-state index contributed by atoms with van der Waals surface area (Å²) in [5.41, 5.74) is -3.95. The molecule has 1 saturated heterocycles. The number of likely N-dealkylation sites (N-methyl/N-ethyl adjacent to an activating group) is 1. The molecule has 2 fully saturated rings. The van der Waals surface area contributed by atoms with E-state index in [2.05, 4.69) is 21.3 Å². The number of alkyl carbamates (subject to hydrolysis) is 2. The van der Waals surface area contributed by atoms with Crippen LogP contribution < -0.4 is 21.3 Å². The Hall–Kier alpha value is -5.10. The number of hydrogen-bond donors (Lipinski definition) is 8. The molecule has 0 radical (unpaired) electrons. The third kappa shape index (κ3) is 14.3. The van der Waals surface area contributed by atoms with Crippen LogP contribution in [0.5, 0.6) is 0 Å². The van der Waals surface area contributed by atoms with E-state index in [-0.39, 0.29) is 37.7 Å². The third-order valence-electron chi connectivity index (χ3n) is 11.7. The largest absolute Gasteiger partial charge is 0.491 e. The number of fused-ring (bicyclic) bond motifs is 1. The lowest BCUT2D eigenvalue weighted by atomic mass is 9.72. The Morgan fingerprint density at radius 3 is 1.96 bits per heavy atom. The quantitative estimate of drug-likeness (QED) is 0.0747. The van der Waals surface area contributed by atoms with Crippen molar-refractivity contribution in [1.82, 2.24) is 31.1 Å². The van der Waals surface area contributed by atoms with Crippen molar-refractivity contribution in [2.24, 2.45) is 5.92 Å². The lowest BCUT2D eigenvalue weighted by Gasteiger charge is -2.52. The number of aliphatic hydroxyl groups excluding tert-OH is 3. The van der Waals surface area contributed by atoms with Gasteiger partial charge >= 0.3 is 18.3 Å². The van der Waals surface area contributed by atoms with Gasteiger partial charge in [-0.05, 0) is 113 Å². The summed E-state index contributed by atoms with van der Waals surface area (Å²) in [4.78, 5) is 81.2. The van der Waals surface area contributed by atoms with Crippen LogP contribution in [0.25, 0.3) is 0 Å². The zero-order valence-electron chi connectivity index (χ0n) is 41.4. The van der Waals surface area contributed by atoms with Gasteiger partial charge < -0.3 is 75.0 Å². The topological polar surface area (TPSA) is 293 Å². The second-order valence-electron chi connectivity index (χ2n) is 21.1. The molecule has 3 aliphatic heterocycles. The molecular weight excluding hydrogens is 905 g/mol. The van der Waals surface area contributed by atoms with Crippen molar-refractivity contribution in [1.29, 1.82) is 0 Å². The number of carbonyl (C=O) groups is 6. The van der Waals surface area contributed by atoms with E-state index in [0.717, 1.165) is 4.90 Å². The number of rotatable bonds is 14. The van der Waals surface area contributed by atoms with E-state index >= 15 is 0 Å². The molecule has 1 saturated carbocycles. The first-order valence-electron chi connectivity index (χ1n) is 23.2. The summed E-state index contributed by atoms with van der Waals surface area (Å²) in [5, 5.41) is 57.4. The maximum Gasteiger partial charge on any atom is 0.410 e. The number of imide groups is 1. The molecule has 69 heavy (non-hydrogen) atoms. The summed E-state index contributed by atoms with van der Waals surface area (Å²) in [6, 6.07) is 1.98. The highest BCUT2D eigenvalue weighted by Gasteiger charge is 2.56. The third-order valence-corrected chi connectivity index (χ3v) is 11.7. The number of hydrogen-bond acceptors (Lipinski definition) is 17. The number of nitrogens with zero attached hydrogens (tertiary/aromatic N) is 2. The SMILES string of the molecule is CN(C(=O)OC(C)(C)C)[C@@H]1[C@@H](O)[C@@H](O[C@H]2[C@H](NC(=O)CO)C[C@H](NC(=O)OC(C)(C)C)C([C@H]3OC(CNCCCN4C(=O)c5ccccc5C4=O)=CC[C@H]3NC(=O)OC(C)(C)C)[C@@H]2O)OC[C@]1(C)O. The van der Waals surface area contributed by atoms with Crippen molar-refractivity contribution in [3.63, 3.8) is 0 Å². The van der Waals surface area contributed by atoms with E-state index in [0.29, 0.717) is 29.9 Å². The molecule has 22 nitrogen and oxygen atoms in total. The zero-order chi connectivity index (χ0) is 51.4. The maximum atomic E-state index is 13.6. The Morgan fingerprint density at radius 1 is 0.841 bits per heavy atom. The van der Waals surface area contributed by atoms with Crippen molar-refractivity contribution in [2.45, 2.75) is 166 Å². The molecule has 386 valence electrons. The molecule has 1 unspecified atom stereocenters. The first-order chi connectivity index (χ1) is 32.0. The lowest BCUT2D eigenvalue weighted by Crippen LogP contribution is -2.71. The second-order valence-corrected chi connectivity index (χ2v) is 21.1. The minimum absolute atomic E-state index is 0.119. The van der Waals surface area contributed by atoms with Crippen molar-refractivity contribution in [3.05, 3.63) is 47.2 Å². The molecule has 4 aliphatic rings. The number of nitrogens with one attached hydrogen (secondary N) is 4. The summed E-state index contributed by atoms with van der Waals surface area (Å²) < 4.78 is 35.6. The molecular formula is C47H72N6O16. The van der Waals surface area contributed by atoms with Gasteiger partial charge in [-0.15, -0.1) is 0 Å². The first-order valence-corrected chi connectivity index (χ1v) is 23.2. The summed E-state index contributed by atoms with van der Waals surface area (Å²) in [6.45, 7) is 15.5. The molecule has 3 heterocycles. The van der Waals surface area contributed by atoms with Gasteiger partial charge in [0.15, 0.2) is 6.29 Å². The number of amides is 6. The lowest BCUT2D eigenvalue weighted by molar-refractivity contribution is -0.305. The Balaban J connectivity index is 1.45. The van der Waals surface area contributed by atoms with Gasteiger partial charge in [-0.3, -0.25) is 19.3 Å². The molecule has 1 aromatic carbocycles. The predicted octanol–water partition coefficient (Wildman–Crippen LogP) is 1.67. The number of benzene rings is 1. The molecule has 0 bridgehead atoms. The normalized spacial score (nSPS) is 29.5. The average Bonchev–Trinajstić information content (AvgIpc) is 3.46. The van der Waals surface area contributed by atoms with Gasteiger partial charge in [0.2, 0.25) is 5.91 Å². The Bertz CT molecular complexity index is 2030. The molecule has 0 aromatic heterocycles. The van der Waals surface area contributed by atoms with E-state index in [9.17, 15) is 49.2 Å². The van der Waals surface area contributed by atoms with Crippen molar-refractivity contribution in [2.75, 3.05) is 39.9 Å². The van der Waals surface area contributed by atoms with Gasteiger partial charge in [-0.2, -0.15) is 0 Å². The van der Waals surface area contributed by atoms with Crippen LogP contribution in [0.4, 0.5) is 14.4 Å². The first kappa shape index (κ1) is 54.8. The minimum atomic E-state index is -1.84. The van der Waals surface area contributed by atoms with Gasteiger partial charge in [-0.1, -0.05) is 12.1 Å². The van der Waals surface area contributed by atoms with Gasteiger partial charge in [-0.25, -0.2) is 14.4 Å². The van der Waals surface area contributed by atoms with Crippen molar-refractivity contribution >= 4 is 36.0 Å². The zero-order valence-corrected chi connectivity index (χ0v) is 41.4. The van der Waals surface area contributed by atoms with Crippen LogP contribution in [-0.4, -0.2) is 183 Å². The van der Waals surface area contributed by atoms with Gasteiger partial charge in [0, 0.05) is 25.6 Å². The maximum absolute atomic E-state index is 13.6. The Labute approximate surface area is 402 Å². The molecule has 11 atom stereocenters. The molecule has 1 aliphatic carbocycles. The van der Waals surface area contributed by atoms with Crippen LogP contribution in [-0.2, 0) is 33.2 Å². The van der Waals surface area contributed by atoms with Crippen LogP contribution in [0.3, 0.4) is 0 Å². The van der Waals surface area contributed by atoms with Gasteiger partial charge in [0.25, 0.3) is 11.8 Å². The smallest absolute Gasteiger partial charge is 0.410 e. The molecule has 6 amide bonds. The number of ether oxygens (including phenoxy) is 6. The van der Waals surface area contributed by atoms with Crippen LogP contribution >= 0.6 is 0 Å². The summed E-state index contributed by atoms with van der Waals surface area (Å²) >= 11 is 0. The van der Waals surface area contributed by atoms with Crippen LogP contribution in [0, 0.1) is 5.92 Å². The highest BCUT2D eigenvalue weighted by molar-refractivity contribution is 6.21. The van der Waals surface area contributed by atoms with E-state index in [1.807, 2.05) is 0 Å². The predicted molar refractivity (Wildman–Crippen MR) is 245 cm³/mol. The Morgan fingerprint density at radius 2 is 1.41 bits per heavy atom.